The van der Waals surface area contributed by atoms with Gasteiger partial charge < -0.3 is 13.7 Å². The predicted molar refractivity (Wildman–Crippen MR) is 138 cm³/mol. The number of carbonyl (C=O) groups is 2. The lowest BCUT2D eigenvalue weighted by Gasteiger charge is -2.12. The Hall–Kier alpha value is -3.22. The summed E-state index contributed by atoms with van der Waals surface area (Å²) in [4.78, 5) is 30.5. The van der Waals surface area contributed by atoms with Crippen molar-refractivity contribution in [2.45, 2.75) is 31.6 Å². The number of carbonyl (C=O) groups excluding carboxylic acids is 2. The normalized spacial score (nSPS) is 15.5. The van der Waals surface area contributed by atoms with E-state index in [4.69, 9.17) is 22.1 Å². The Kier molecular flexibility index (Phi) is 9.84. The minimum atomic E-state index is -3.92. The van der Waals surface area contributed by atoms with Crippen molar-refractivity contribution in [2.24, 2.45) is 0 Å². The maximum atomic E-state index is 12.5. The molecule has 2 aromatic heterocycles. The molecule has 1 unspecified atom stereocenters. The first kappa shape index (κ1) is 28.4. The Morgan fingerprint density at radius 3 is 2.41 bits per heavy atom. The summed E-state index contributed by atoms with van der Waals surface area (Å²) in [5, 5.41) is -0.222. The number of hydrogen-bond acceptors (Lipinski definition) is 9. The maximum Gasteiger partial charge on any atom is 0.243 e. The van der Waals surface area contributed by atoms with Crippen molar-refractivity contribution in [1.82, 2.24) is 9.88 Å². The van der Waals surface area contributed by atoms with E-state index in [1.165, 1.54) is 4.90 Å². The van der Waals surface area contributed by atoms with Crippen LogP contribution in [0.4, 0.5) is 0 Å². The van der Waals surface area contributed by atoms with E-state index in [1.807, 2.05) is 53.4 Å². The number of oxazole rings is 1. The first-order valence-electron chi connectivity index (χ1n) is 11.6. The topological polar surface area (TPSA) is 134 Å². The van der Waals surface area contributed by atoms with E-state index in [2.05, 4.69) is 11.9 Å². The van der Waals surface area contributed by atoms with Gasteiger partial charge in [-0.15, -0.1) is 11.8 Å². The van der Waals surface area contributed by atoms with Gasteiger partial charge in [0.1, 0.15) is 5.75 Å². The lowest BCUT2D eigenvalue weighted by atomic mass is 10.2. The second-order valence-electron chi connectivity index (χ2n) is 8.23. The van der Waals surface area contributed by atoms with Gasteiger partial charge in [-0.1, -0.05) is 6.92 Å². The van der Waals surface area contributed by atoms with Crippen LogP contribution in [0.2, 0.25) is 0 Å². The number of methoxy groups -OCH3 is 1. The molecule has 37 heavy (non-hydrogen) atoms. The molecule has 0 bridgehead atoms. The van der Waals surface area contributed by atoms with E-state index in [0.717, 1.165) is 29.1 Å². The molecule has 0 spiro atoms. The monoisotopic (exact) mass is 547 g/mol. The fourth-order valence-corrected chi connectivity index (χ4v) is 4.59. The Labute approximate surface area is 220 Å². The Balaban J connectivity index is 0.000000695. The molecule has 1 saturated heterocycles. The molecule has 0 N–H and O–H groups in total. The van der Waals surface area contributed by atoms with E-state index in [1.54, 1.807) is 25.1 Å². The number of rotatable bonds is 9. The summed E-state index contributed by atoms with van der Waals surface area (Å²) in [6.45, 7) is 3.00. The van der Waals surface area contributed by atoms with Crippen molar-refractivity contribution in [2.75, 3.05) is 25.7 Å². The van der Waals surface area contributed by atoms with Crippen LogP contribution >= 0.6 is 11.8 Å². The van der Waals surface area contributed by atoms with Crippen LogP contribution in [-0.4, -0.2) is 65.6 Å². The summed E-state index contributed by atoms with van der Waals surface area (Å²) in [6.07, 6.45) is 7.43. The number of amides is 2. The minimum Gasteiger partial charge on any atom is -0.748 e. The molecule has 3 heterocycles. The van der Waals surface area contributed by atoms with Gasteiger partial charge in [-0.25, -0.2) is 18.0 Å². The third-order valence-corrected chi connectivity index (χ3v) is 6.74. The highest BCUT2D eigenvalue weighted by Crippen LogP contribution is 2.27. The van der Waals surface area contributed by atoms with Gasteiger partial charge in [0.25, 0.3) is 0 Å². The number of pyridine rings is 1. The molecule has 1 atom stereocenters. The summed E-state index contributed by atoms with van der Waals surface area (Å²) < 4.78 is 40.3. The number of imide groups is 1. The zero-order chi connectivity index (χ0) is 27.0. The quantitative estimate of drug-likeness (QED) is 0.225. The van der Waals surface area contributed by atoms with Gasteiger partial charge >= 0.3 is 0 Å². The number of hydrogen-bond donors (Lipinski definition) is 0. The number of nitrogens with zero attached hydrogens (tertiary/aromatic N) is 3. The molecule has 0 saturated carbocycles. The molecule has 198 valence electrons. The van der Waals surface area contributed by atoms with Gasteiger partial charge in [0.05, 0.1) is 35.2 Å². The van der Waals surface area contributed by atoms with E-state index in [0.29, 0.717) is 37.4 Å². The summed E-state index contributed by atoms with van der Waals surface area (Å²) in [5.41, 5.74) is 1.77. The fraction of sp³-hybridized carbons (Fsp3) is 0.360. The Morgan fingerprint density at radius 1 is 1.16 bits per heavy atom. The molecule has 12 heteroatoms. The van der Waals surface area contributed by atoms with Crippen molar-refractivity contribution in [1.29, 1.82) is 0 Å². The van der Waals surface area contributed by atoms with Crippen LogP contribution < -0.4 is 9.30 Å². The molecule has 1 fully saturated rings. The van der Waals surface area contributed by atoms with Crippen LogP contribution in [0, 0.1) is 0 Å². The average molecular weight is 548 g/mol. The smallest absolute Gasteiger partial charge is 0.243 e. The molecule has 1 aliphatic rings. The third-order valence-electron chi connectivity index (χ3n) is 5.33. The van der Waals surface area contributed by atoms with Crippen LogP contribution in [0.5, 0.6) is 5.75 Å². The van der Waals surface area contributed by atoms with Crippen molar-refractivity contribution in [3.05, 3.63) is 55.0 Å². The van der Waals surface area contributed by atoms with Crippen LogP contribution in [0.15, 0.2) is 59.4 Å². The molecule has 2 amide bonds. The third kappa shape index (κ3) is 8.41. The molecular weight excluding hydrogens is 518 g/mol. The lowest BCUT2D eigenvalue weighted by molar-refractivity contribution is -0.695. The molecule has 1 aliphatic heterocycles. The molecule has 0 aliphatic carbocycles. The summed E-state index contributed by atoms with van der Waals surface area (Å²) >= 11 is 1.58. The number of aromatic nitrogens is 2. The number of thioether (sulfide) groups is 1. The van der Waals surface area contributed by atoms with Gasteiger partial charge in [0.2, 0.25) is 17.7 Å². The standard InChI is InChI=1S/C24H26N3O4S.CH4O3S/c1-3-14-32-21-15-22(28)27(24(21)29)13-12-26-10-8-18(9-11-26)23-25-16-20(31-23)17-4-6-19(30-2)7-5-17;1-5(2,3)4/h4-11,16,21H,3,12-15H2,1-2H3;1H3,(H,2,3,4)/q+1;/p-1. The molecule has 1 aromatic carbocycles. The summed E-state index contributed by atoms with van der Waals surface area (Å²) in [5.74, 6) is 2.76. The first-order chi connectivity index (χ1) is 17.6. The van der Waals surface area contributed by atoms with E-state index >= 15 is 0 Å². The SMILES string of the molecule is CCCSC1CC(=O)N(CC[n+]2ccc(-c3ncc(-c4ccc(OC)cc4)o3)cc2)C1=O.CS(=O)(=O)[O-]. The highest BCUT2D eigenvalue weighted by atomic mass is 32.2. The van der Waals surface area contributed by atoms with E-state index < -0.39 is 10.1 Å². The number of benzene rings is 1. The molecule has 4 rings (SSSR count). The second kappa shape index (κ2) is 12.8. The van der Waals surface area contributed by atoms with Crippen LogP contribution in [-0.2, 0) is 26.3 Å². The number of likely N-dealkylation sites (tertiary alicyclic amines) is 1. The highest BCUT2D eigenvalue weighted by Gasteiger charge is 2.38. The van der Waals surface area contributed by atoms with E-state index in [-0.39, 0.29) is 17.1 Å². The lowest BCUT2D eigenvalue weighted by Crippen LogP contribution is -2.42. The molecule has 10 nitrogen and oxygen atoms in total. The second-order valence-corrected chi connectivity index (χ2v) is 11.0. The summed E-state index contributed by atoms with van der Waals surface area (Å²) in [6, 6.07) is 11.4. The van der Waals surface area contributed by atoms with Crippen LogP contribution in [0.25, 0.3) is 22.8 Å². The predicted octanol–water partition coefficient (Wildman–Crippen LogP) is 2.74. The van der Waals surface area contributed by atoms with Crippen molar-refractivity contribution in [3.8, 4) is 28.5 Å². The van der Waals surface area contributed by atoms with Gasteiger partial charge in [0.15, 0.2) is 24.7 Å². The molecule has 3 aromatic rings. The van der Waals surface area contributed by atoms with Crippen LogP contribution in [0.1, 0.15) is 19.8 Å². The van der Waals surface area contributed by atoms with Gasteiger partial charge in [-0.2, -0.15) is 0 Å². The molecule has 0 radical (unpaired) electrons. The highest BCUT2D eigenvalue weighted by molar-refractivity contribution is 8.00. The van der Waals surface area contributed by atoms with E-state index in [9.17, 15) is 9.59 Å². The first-order valence-corrected chi connectivity index (χ1v) is 14.4. The van der Waals surface area contributed by atoms with Gasteiger partial charge in [0, 0.05) is 35.9 Å². The number of ether oxygens (including phenoxy) is 1. The largest absolute Gasteiger partial charge is 0.748 e. The van der Waals surface area contributed by atoms with Crippen LogP contribution in [0.3, 0.4) is 0 Å². The zero-order valence-electron chi connectivity index (χ0n) is 20.8. The maximum absolute atomic E-state index is 12.5. The summed E-state index contributed by atoms with van der Waals surface area (Å²) in [7, 11) is -2.28. The Bertz CT molecular complexity index is 1300. The van der Waals surface area contributed by atoms with Crippen molar-refractivity contribution >= 4 is 33.7 Å². The van der Waals surface area contributed by atoms with Crippen molar-refractivity contribution in [3.63, 3.8) is 0 Å². The van der Waals surface area contributed by atoms with Crippen molar-refractivity contribution < 1.29 is 36.3 Å². The van der Waals surface area contributed by atoms with Gasteiger partial charge in [-0.3, -0.25) is 14.5 Å². The minimum absolute atomic E-state index is 0.0588. The zero-order valence-corrected chi connectivity index (χ0v) is 22.5. The Morgan fingerprint density at radius 2 is 1.81 bits per heavy atom. The average Bonchev–Trinajstić information content (AvgIpc) is 3.46. The fourth-order valence-electron chi connectivity index (χ4n) is 3.54. The molecular formula is C25H29N3O7S2. The van der Waals surface area contributed by atoms with Gasteiger partial charge in [-0.05, 0) is 36.4 Å².